The van der Waals surface area contributed by atoms with Crippen molar-refractivity contribution in [3.05, 3.63) is 71.8 Å². The van der Waals surface area contributed by atoms with Crippen LogP contribution in [-0.4, -0.2) is 18.2 Å². The van der Waals surface area contributed by atoms with Gasteiger partial charge in [-0.15, -0.1) is 0 Å². The van der Waals surface area contributed by atoms with Crippen LogP contribution in [0.15, 0.2) is 60.7 Å². The monoisotopic (exact) mass is 266 g/mol. The van der Waals surface area contributed by atoms with Gasteiger partial charge < -0.3 is 10.4 Å². The molecule has 0 aliphatic heterocycles. The van der Waals surface area contributed by atoms with E-state index in [1.807, 2.05) is 60.7 Å². The van der Waals surface area contributed by atoms with Crippen LogP contribution >= 0.6 is 0 Å². The molecule has 0 bridgehead atoms. The van der Waals surface area contributed by atoms with Crippen molar-refractivity contribution in [2.45, 2.75) is 12.0 Å². The fourth-order valence-electron chi connectivity index (χ4n) is 2.08. The number of hydrogen-bond acceptors (Lipinski definition) is 3. The van der Waals surface area contributed by atoms with Crippen molar-refractivity contribution in [2.75, 3.05) is 13.1 Å². The standard InChI is InChI=1S/C17H18N2O/c18-11-16(14-7-3-1-4-8-14)12-19-13-17(20)15-9-5-2-6-10-15/h1-10,16-17,19-20H,12-13H2. The fourth-order valence-corrected chi connectivity index (χ4v) is 2.08. The van der Waals surface area contributed by atoms with Gasteiger partial charge in [0.25, 0.3) is 0 Å². The first-order chi connectivity index (χ1) is 9.81. The zero-order chi connectivity index (χ0) is 14.2. The maximum atomic E-state index is 10.0. The molecule has 0 aliphatic rings. The molecule has 20 heavy (non-hydrogen) atoms. The fraction of sp³-hybridized carbons (Fsp3) is 0.235. The molecular weight excluding hydrogens is 248 g/mol. The van der Waals surface area contributed by atoms with Gasteiger partial charge in [0.2, 0.25) is 0 Å². The Morgan fingerprint density at radius 1 is 0.900 bits per heavy atom. The molecule has 0 amide bonds. The van der Waals surface area contributed by atoms with Crippen molar-refractivity contribution in [1.82, 2.24) is 5.32 Å². The zero-order valence-corrected chi connectivity index (χ0v) is 11.2. The predicted octanol–water partition coefficient (Wildman–Crippen LogP) is 2.62. The van der Waals surface area contributed by atoms with Gasteiger partial charge in [-0.2, -0.15) is 5.26 Å². The molecule has 0 heterocycles. The number of hydrogen-bond donors (Lipinski definition) is 2. The van der Waals surface area contributed by atoms with E-state index < -0.39 is 6.10 Å². The second kappa shape index (κ2) is 7.44. The second-order valence-corrected chi connectivity index (χ2v) is 4.68. The van der Waals surface area contributed by atoms with Crippen molar-refractivity contribution in [3.63, 3.8) is 0 Å². The first kappa shape index (κ1) is 14.3. The van der Waals surface area contributed by atoms with E-state index in [-0.39, 0.29) is 5.92 Å². The Hall–Kier alpha value is -2.15. The Kier molecular flexibility index (Phi) is 5.31. The highest BCUT2D eigenvalue weighted by Gasteiger charge is 2.11. The summed E-state index contributed by atoms with van der Waals surface area (Å²) >= 11 is 0. The molecule has 0 aromatic heterocycles. The van der Waals surface area contributed by atoms with Crippen LogP contribution in [0.5, 0.6) is 0 Å². The highest BCUT2D eigenvalue weighted by Crippen LogP contribution is 2.14. The van der Waals surface area contributed by atoms with E-state index in [2.05, 4.69) is 11.4 Å². The number of benzene rings is 2. The van der Waals surface area contributed by atoms with Crippen LogP contribution in [0.1, 0.15) is 23.1 Å². The van der Waals surface area contributed by atoms with Gasteiger partial charge in [-0.3, -0.25) is 0 Å². The molecular formula is C17H18N2O. The van der Waals surface area contributed by atoms with E-state index in [0.717, 1.165) is 11.1 Å². The summed E-state index contributed by atoms with van der Waals surface area (Å²) in [4.78, 5) is 0. The Morgan fingerprint density at radius 2 is 1.45 bits per heavy atom. The lowest BCUT2D eigenvalue weighted by atomic mass is 10.0. The minimum absolute atomic E-state index is 0.195. The third-order valence-electron chi connectivity index (χ3n) is 3.23. The van der Waals surface area contributed by atoms with Gasteiger partial charge in [0.1, 0.15) is 0 Å². The molecule has 0 saturated heterocycles. The van der Waals surface area contributed by atoms with Gasteiger partial charge in [0.15, 0.2) is 0 Å². The quantitative estimate of drug-likeness (QED) is 0.845. The summed E-state index contributed by atoms with van der Waals surface area (Å²) in [5.74, 6) is -0.195. The van der Waals surface area contributed by atoms with Crippen LogP contribution in [0.4, 0.5) is 0 Å². The van der Waals surface area contributed by atoms with Gasteiger partial charge in [-0.1, -0.05) is 60.7 Å². The molecule has 2 atom stereocenters. The van der Waals surface area contributed by atoms with Crippen LogP contribution in [0.2, 0.25) is 0 Å². The minimum atomic E-state index is -0.550. The van der Waals surface area contributed by atoms with Gasteiger partial charge in [-0.05, 0) is 11.1 Å². The number of nitriles is 1. The molecule has 2 rings (SSSR count). The Morgan fingerprint density at radius 3 is 2.00 bits per heavy atom. The molecule has 2 aromatic carbocycles. The molecule has 2 aromatic rings. The summed E-state index contributed by atoms with van der Waals surface area (Å²) in [5, 5.41) is 22.4. The molecule has 0 fully saturated rings. The average Bonchev–Trinajstić information content (AvgIpc) is 2.53. The highest BCUT2D eigenvalue weighted by molar-refractivity contribution is 5.25. The number of rotatable bonds is 6. The SMILES string of the molecule is N#CC(CNCC(O)c1ccccc1)c1ccccc1. The van der Waals surface area contributed by atoms with Crippen LogP contribution in [0, 0.1) is 11.3 Å². The van der Waals surface area contributed by atoms with E-state index in [9.17, 15) is 10.4 Å². The molecule has 0 spiro atoms. The van der Waals surface area contributed by atoms with Crippen LogP contribution in [0.25, 0.3) is 0 Å². The lowest BCUT2D eigenvalue weighted by molar-refractivity contribution is 0.174. The van der Waals surface area contributed by atoms with Gasteiger partial charge in [0, 0.05) is 13.1 Å². The normalized spacial score (nSPS) is 13.4. The lowest BCUT2D eigenvalue weighted by Gasteiger charge is -2.14. The number of aliphatic hydroxyl groups excluding tert-OH is 1. The molecule has 3 heteroatoms. The topological polar surface area (TPSA) is 56.0 Å². The first-order valence-electron chi connectivity index (χ1n) is 6.69. The molecule has 2 N–H and O–H groups in total. The average molecular weight is 266 g/mol. The van der Waals surface area contributed by atoms with Crippen molar-refractivity contribution < 1.29 is 5.11 Å². The summed E-state index contributed by atoms with van der Waals surface area (Å²) < 4.78 is 0. The van der Waals surface area contributed by atoms with Gasteiger partial charge in [0.05, 0.1) is 18.1 Å². The van der Waals surface area contributed by atoms with Crippen molar-refractivity contribution in [3.8, 4) is 6.07 Å². The first-order valence-corrected chi connectivity index (χ1v) is 6.69. The molecule has 0 aliphatic carbocycles. The van der Waals surface area contributed by atoms with Crippen LogP contribution < -0.4 is 5.32 Å². The summed E-state index contributed by atoms with van der Waals surface area (Å²) in [6, 6.07) is 21.5. The molecule has 0 radical (unpaired) electrons. The molecule has 0 saturated carbocycles. The van der Waals surface area contributed by atoms with Gasteiger partial charge >= 0.3 is 0 Å². The Balaban J connectivity index is 1.85. The van der Waals surface area contributed by atoms with E-state index >= 15 is 0 Å². The summed E-state index contributed by atoms with van der Waals surface area (Å²) in [6.45, 7) is 0.972. The predicted molar refractivity (Wildman–Crippen MR) is 79.1 cm³/mol. The second-order valence-electron chi connectivity index (χ2n) is 4.68. The minimum Gasteiger partial charge on any atom is -0.387 e. The van der Waals surface area contributed by atoms with Crippen molar-refractivity contribution >= 4 is 0 Å². The molecule has 2 unspecified atom stereocenters. The van der Waals surface area contributed by atoms with E-state index in [1.54, 1.807) is 0 Å². The Bertz CT molecular complexity index is 548. The number of nitrogens with one attached hydrogen (secondary N) is 1. The lowest BCUT2D eigenvalue weighted by Crippen LogP contribution is -2.26. The Labute approximate surface area is 119 Å². The molecule has 3 nitrogen and oxygen atoms in total. The molecule has 102 valence electrons. The van der Waals surface area contributed by atoms with Crippen LogP contribution in [0.3, 0.4) is 0 Å². The zero-order valence-electron chi connectivity index (χ0n) is 11.2. The third-order valence-corrected chi connectivity index (χ3v) is 3.23. The smallest absolute Gasteiger partial charge is 0.0914 e. The maximum absolute atomic E-state index is 10.0. The van der Waals surface area contributed by atoms with E-state index in [1.165, 1.54) is 0 Å². The van der Waals surface area contributed by atoms with E-state index in [0.29, 0.717) is 13.1 Å². The van der Waals surface area contributed by atoms with E-state index in [4.69, 9.17) is 0 Å². The highest BCUT2D eigenvalue weighted by atomic mass is 16.3. The number of nitrogens with zero attached hydrogens (tertiary/aromatic N) is 1. The van der Waals surface area contributed by atoms with Crippen molar-refractivity contribution in [1.29, 1.82) is 5.26 Å². The maximum Gasteiger partial charge on any atom is 0.0914 e. The number of aliphatic hydroxyl groups is 1. The van der Waals surface area contributed by atoms with Crippen molar-refractivity contribution in [2.24, 2.45) is 0 Å². The summed E-state index contributed by atoms with van der Waals surface area (Å²) in [7, 11) is 0. The van der Waals surface area contributed by atoms with Gasteiger partial charge in [-0.25, -0.2) is 0 Å². The summed E-state index contributed by atoms with van der Waals surface area (Å²) in [5.41, 5.74) is 1.88. The third kappa shape index (κ3) is 3.92. The largest absolute Gasteiger partial charge is 0.387 e. The van der Waals surface area contributed by atoms with Crippen LogP contribution in [-0.2, 0) is 0 Å². The summed E-state index contributed by atoms with van der Waals surface area (Å²) in [6.07, 6.45) is -0.550.